The molecule has 1 aromatic heterocycles. The Bertz CT molecular complexity index is 483. The Morgan fingerprint density at radius 3 is 2.95 bits per heavy atom. The van der Waals surface area contributed by atoms with Crippen LogP contribution in [0.1, 0.15) is 25.5 Å². The van der Waals surface area contributed by atoms with Crippen LogP contribution in [0.5, 0.6) is 0 Å². The van der Waals surface area contributed by atoms with Crippen LogP contribution in [0.4, 0.5) is 5.82 Å². The van der Waals surface area contributed by atoms with Gasteiger partial charge in [0.1, 0.15) is 5.82 Å². The molecule has 1 aliphatic rings. The Kier molecular flexibility index (Phi) is 6.83. The third-order valence-electron chi connectivity index (χ3n) is 3.51. The normalized spacial score (nSPS) is 18.3. The fourth-order valence-electron chi connectivity index (χ4n) is 2.32. The van der Waals surface area contributed by atoms with E-state index in [-0.39, 0.29) is 0 Å². The summed E-state index contributed by atoms with van der Waals surface area (Å²) in [5, 5.41) is 7.48. The number of guanidine groups is 1. The number of pyridine rings is 1. The molecule has 5 nitrogen and oxygen atoms in total. The number of hydrogen-bond acceptors (Lipinski definition) is 4. The average molecular weight is 321 g/mol. The highest BCUT2D eigenvalue weighted by Gasteiger charge is 2.15. The van der Waals surface area contributed by atoms with Crippen molar-refractivity contribution in [3.63, 3.8) is 0 Å². The van der Waals surface area contributed by atoms with Gasteiger partial charge in [-0.15, -0.1) is 0 Å². The summed E-state index contributed by atoms with van der Waals surface area (Å²) in [5.41, 5.74) is 0.985. The summed E-state index contributed by atoms with van der Waals surface area (Å²) >= 11 is 2.06. The van der Waals surface area contributed by atoms with Gasteiger partial charge in [-0.3, -0.25) is 0 Å². The zero-order chi connectivity index (χ0) is 15.8. The van der Waals surface area contributed by atoms with Crippen molar-refractivity contribution in [3.05, 3.63) is 23.9 Å². The van der Waals surface area contributed by atoms with Gasteiger partial charge in [-0.1, -0.05) is 6.07 Å². The Morgan fingerprint density at radius 2 is 2.27 bits per heavy atom. The van der Waals surface area contributed by atoms with Crippen LogP contribution < -0.4 is 15.5 Å². The zero-order valence-corrected chi connectivity index (χ0v) is 14.6. The van der Waals surface area contributed by atoms with Gasteiger partial charge in [0.25, 0.3) is 0 Å². The Hall–Kier alpha value is -1.43. The molecule has 0 saturated carbocycles. The van der Waals surface area contributed by atoms with Crippen LogP contribution in [-0.4, -0.2) is 49.1 Å². The molecule has 1 saturated heterocycles. The maximum absolute atomic E-state index is 4.65. The number of aliphatic imine (C=N–C) groups is 1. The third kappa shape index (κ3) is 5.40. The monoisotopic (exact) mass is 321 g/mol. The molecule has 2 heterocycles. The molecule has 2 rings (SSSR count). The topological polar surface area (TPSA) is 52.6 Å². The summed E-state index contributed by atoms with van der Waals surface area (Å²) in [6.07, 6.45) is 2.65. The summed E-state index contributed by atoms with van der Waals surface area (Å²) in [7, 11) is 4.00. The van der Waals surface area contributed by atoms with Crippen molar-refractivity contribution in [2.24, 2.45) is 4.99 Å². The number of anilines is 1. The molecule has 1 aromatic rings. The predicted molar refractivity (Wildman–Crippen MR) is 96.9 cm³/mol. The second-order valence-electron chi connectivity index (χ2n) is 5.59. The fraction of sp³-hybridized carbons (Fsp3) is 0.625. The number of hydrogen-bond donors (Lipinski definition) is 2. The molecule has 0 amide bonds. The van der Waals surface area contributed by atoms with Gasteiger partial charge in [0, 0.05) is 32.4 Å². The highest BCUT2D eigenvalue weighted by atomic mass is 32.2. The minimum Gasteiger partial charge on any atom is -0.363 e. The molecule has 1 fully saturated rings. The van der Waals surface area contributed by atoms with Gasteiger partial charge in [0.05, 0.1) is 12.2 Å². The van der Waals surface area contributed by atoms with Crippen LogP contribution in [0.25, 0.3) is 0 Å². The average Bonchev–Trinajstić information content (AvgIpc) is 3.03. The van der Waals surface area contributed by atoms with Gasteiger partial charge >= 0.3 is 0 Å². The Balaban J connectivity index is 1.92. The molecule has 122 valence electrons. The standard InChI is InChI=1S/C16H27N5S/c1-4-17-16(19-12-14-8-6-10-22-14)18-11-13-7-5-9-15(20-13)21(2)3/h5,7,9,14H,4,6,8,10-12H2,1-3H3,(H2,17,18,19). The minimum absolute atomic E-state index is 0.592. The summed E-state index contributed by atoms with van der Waals surface area (Å²) in [5.74, 6) is 3.14. The van der Waals surface area contributed by atoms with Gasteiger partial charge < -0.3 is 15.5 Å². The predicted octanol–water partition coefficient (Wildman–Crippen LogP) is 2.10. The molecule has 0 aromatic carbocycles. The smallest absolute Gasteiger partial charge is 0.191 e. The summed E-state index contributed by atoms with van der Waals surface area (Å²) in [6, 6.07) is 6.06. The van der Waals surface area contributed by atoms with Gasteiger partial charge in [-0.25, -0.2) is 9.98 Å². The van der Waals surface area contributed by atoms with E-state index in [1.54, 1.807) is 0 Å². The van der Waals surface area contributed by atoms with Gasteiger partial charge in [0.15, 0.2) is 5.96 Å². The SMILES string of the molecule is CCNC(=NCc1cccc(N(C)C)n1)NCC1CCCS1. The van der Waals surface area contributed by atoms with E-state index < -0.39 is 0 Å². The Morgan fingerprint density at radius 1 is 1.41 bits per heavy atom. The number of nitrogens with zero attached hydrogens (tertiary/aromatic N) is 3. The first-order valence-corrected chi connectivity index (χ1v) is 9.01. The van der Waals surface area contributed by atoms with E-state index in [9.17, 15) is 0 Å². The lowest BCUT2D eigenvalue weighted by atomic mass is 10.2. The lowest BCUT2D eigenvalue weighted by molar-refractivity contribution is 0.726. The molecular formula is C16H27N5S. The van der Waals surface area contributed by atoms with E-state index in [0.29, 0.717) is 6.54 Å². The third-order valence-corrected chi connectivity index (χ3v) is 4.91. The summed E-state index contributed by atoms with van der Waals surface area (Å²) < 4.78 is 0. The van der Waals surface area contributed by atoms with Gasteiger partial charge in [-0.2, -0.15) is 11.8 Å². The number of aromatic nitrogens is 1. The first-order valence-electron chi connectivity index (χ1n) is 7.96. The van der Waals surface area contributed by atoms with Crippen LogP contribution in [0.3, 0.4) is 0 Å². The molecule has 0 aliphatic carbocycles. The zero-order valence-electron chi connectivity index (χ0n) is 13.8. The van der Waals surface area contributed by atoms with Crippen molar-refractivity contribution in [1.29, 1.82) is 0 Å². The maximum atomic E-state index is 4.65. The second kappa shape index (κ2) is 8.88. The van der Waals surface area contributed by atoms with Crippen molar-refractivity contribution in [3.8, 4) is 0 Å². The molecule has 1 atom stereocenters. The lowest BCUT2D eigenvalue weighted by Gasteiger charge is -2.15. The molecule has 2 N–H and O–H groups in total. The van der Waals surface area contributed by atoms with E-state index in [1.165, 1.54) is 18.6 Å². The largest absolute Gasteiger partial charge is 0.363 e. The summed E-state index contributed by atoms with van der Waals surface area (Å²) in [6.45, 7) is 4.54. The van der Waals surface area contributed by atoms with Crippen molar-refractivity contribution in [2.75, 3.05) is 37.8 Å². The number of nitrogens with one attached hydrogen (secondary N) is 2. The number of thioether (sulfide) groups is 1. The first kappa shape index (κ1) is 16.9. The fourth-order valence-corrected chi connectivity index (χ4v) is 3.52. The van der Waals surface area contributed by atoms with Crippen molar-refractivity contribution >= 4 is 23.5 Å². The summed E-state index contributed by atoms with van der Waals surface area (Å²) in [4.78, 5) is 11.3. The Labute approximate surface area is 138 Å². The van der Waals surface area contributed by atoms with Crippen LogP contribution in [0.2, 0.25) is 0 Å². The molecule has 6 heteroatoms. The minimum atomic E-state index is 0.592. The van der Waals surface area contributed by atoms with Crippen molar-refractivity contribution in [1.82, 2.24) is 15.6 Å². The van der Waals surface area contributed by atoms with E-state index >= 15 is 0 Å². The van der Waals surface area contributed by atoms with Crippen molar-refractivity contribution < 1.29 is 0 Å². The molecule has 1 aliphatic heterocycles. The number of rotatable bonds is 6. The van der Waals surface area contributed by atoms with E-state index in [4.69, 9.17) is 0 Å². The highest BCUT2D eigenvalue weighted by Crippen LogP contribution is 2.25. The van der Waals surface area contributed by atoms with E-state index in [2.05, 4.69) is 39.3 Å². The van der Waals surface area contributed by atoms with E-state index in [0.717, 1.165) is 35.8 Å². The molecule has 0 spiro atoms. The van der Waals surface area contributed by atoms with Crippen LogP contribution in [0, 0.1) is 0 Å². The molecule has 1 unspecified atom stereocenters. The van der Waals surface area contributed by atoms with Crippen molar-refractivity contribution in [2.45, 2.75) is 31.6 Å². The maximum Gasteiger partial charge on any atom is 0.191 e. The molecule has 0 radical (unpaired) electrons. The van der Waals surface area contributed by atoms with Crippen LogP contribution in [-0.2, 0) is 6.54 Å². The molecule has 22 heavy (non-hydrogen) atoms. The van der Waals surface area contributed by atoms with Gasteiger partial charge in [0.2, 0.25) is 0 Å². The first-order chi connectivity index (χ1) is 10.7. The lowest BCUT2D eigenvalue weighted by Crippen LogP contribution is -2.40. The quantitative estimate of drug-likeness (QED) is 0.621. The van der Waals surface area contributed by atoms with E-state index in [1.807, 2.05) is 37.2 Å². The van der Waals surface area contributed by atoms with Crippen LogP contribution >= 0.6 is 11.8 Å². The molecule has 0 bridgehead atoms. The van der Waals surface area contributed by atoms with Crippen LogP contribution in [0.15, 0.2) is 23.2 Å². The second-order valence-corrected chi connectivity index (χ2v) is 7.00. The van der Waals surface area contributed by atoms with Gasteiger partial charge in [-0.05, 0) is 37.7 Å². The molecular weight excluding hydrogens is 294 g/mol. The highest BCUT2D eigenvalue weighted by molar-refractivity contribution is 8.00.